The van der Waals surface area contributed by atoms with Gasteiger partial charge in [-0.3, -0.25) is 14.8 Å². The van der Waals surface area contributed by atoms with E-state index in [0.717, 1.165) is 5.52 Å². The van der Waals surface area contributed by atoms with Crippen molar-refractivity contribution in [2.45, 2.75) is 32.2 Å². The molecule has 1 fully saturated rings. The minimum Gasteiger partial charge on any atom is -0.325 e. The third-order valence-electron chi connectivity index (χ3n) is 4.06. The Labute approximate surface area is 141 Å². The maximum Gasteiger partial charge on any atom is 0.242 e. The molecule has 1 saturated heterocycles. The molecule has 24 heavy (non-hydrogen) atoms. The van der Waals surface area contributed by atoms with Crippen LogP contribution in [-0.2, 0) is 14.8 Å². The van der Waals surface area contributed by atoms with E-state index in [1.165, 1.54) is 4.31 Å². The summed E-state index contributed by atoms with van der Waals surface area (Å²) in [5.74, 6) is -0.224. The highest BCUT2D eigenvalue weighted by molar-refractivity contribution is 7.89. The number of carbonyl (C=O) groups is 1. The molecule has 1 amide bonds. The Hall–Kier alpha value is -2.06. The average molecular weight is 348 g/mol. The van der Waals surface area contributed by atoms with Crippen molar-refractivity contribution in [1.29, 1.82) is 0 Å². The fraction of sp³-hybridized carbons (Fsp3) is 0.438. The predicted molar refractivity (Wildman–Crippen MR) is 92.0 cm³/mol. The number of carbonyl (C=O) groups excluding carboxylic acids is 1. The first-order valence-electron chi connectivity index (χ1n) is 8.02. The molecule has 2 heterocycles. The van der Waals surface area contributed by atoms with E-state index in [2.05, 4.69) is 15.3 Å². The molecule has 128 valence electrons. The van der Waals surface area contributed by atoms with Crippen molar-refractivity contribution < 1.29 is 13.2 Å². The SMILES string of the molecule is CCCS(=O)(=O)N1CCCC1C(=O)Nc1ccc2nccnc2c1. The molecule has 1 aliphatic rings. The molecule has 3 rings (SSSR count). The van der Waals surface area contributed by atoms with Gasteiger partial charge in [0.05, 0.1) is 16.8 Å². The Morgan fingerprint density at radius 1 is 1.29 bits per heavy atom. The molecule has 1 unspecified atom stereocenters. The largest absolute Gasteiger partial charge is 0.325 e. The Morgan fingerprint density at radius 3 is 2.79 bits per heavy atom. The fourth-order valence-electron chi connectivity index (χ4n) is 2.98. The number of aromatic nitrogens is 2. The van der Waals surface area contributed by atoms with Crippen LogP contribution < -0.4 is 5.32 Å². The van der Waals surface area contributed by atoms with Gasteiger partial charge in [0.2, 0.25) is 15.9 Å². The number of hydrogen-bond donors (Lipinski definition) is 1. The van der Waals surface area contributed by atoms with E-state index >= 15 is 0 Å². The molecule has 0 aliphatic carbocycles. The first-order chi connectivity index (χ1) is 11.5. The van der Waals surface area contributed by atoms with Gasteiger partial charge in [0.15, 0.2) is 0 Å². The van der Waals surface area contributed by atoms with Crippen LogP contribution in [0.15, 0.2) is 30.6 Å². The number of nitrogens with one attached hydrogen (secondary N) is 1. The molecule has 1 atom stereocenters. The van der Waals surface area contributed by atoms with Gasteiger partial charge in [-0.1, -0.05) is 6.92 Å². The van der Waals surface area contributed by atoms with Gasteiger partial charge in [0.1, 0.15) is 6.04 Å². The highest BCUT2D eigenvalue weighted by Gasteiger charge is 2.38. The summed E-state index contributed by atoms with van der Waals surface area (Å²) in [6.07, 6.45) is 4.97. The van der Waals surface area contributed by atoms with Crippen LogP contribution in [0.3, 0.4) is 0 Å². The number of fused-ring (bicyclic) bond motifs is 1. The van der Waals surface area contributed by atoms with Crippen molar-refractivity contribution in [2.24, 2.45) is 0 Å². The zero-order valence-corrected chi connectivity index (χ0v) is 14.3. The smallest absolute Gasteiger partial charge is 0.242 e. The van der Waals surface area contributed by atoms with E-state index in [0.29, 0.717) is 37.0 Å². The van der Waals surface area contributed by atoms with E-state index in [4.69, 9.17) is 0 Å². The number of amides is 1. The summed E-state index contributed by atoms with van der Waals surface area (Å²) in [6, 6.07) is 4.62. The van der Waals surface area contributed by atoms with Gasteiger partial charge >= 0.3 is 0 Å². The van der Waals surface area contributed by atoms with Crippen LogP contribution >= 0.6 is 0 Å². The molecule has 8 heteroatoms. The zero-order valence-electron chi connectivity index (χ0n) is 13.5. The normalized spacial score (nSPS) is 18.8. The zero-order chi connectivity index (χ0) is 17.2. The number of nitrogens with zero attached hydrogens (tertiary/aromatic N) is 3. The molecule has 0 saturated carbocycles. The number of hydrogen-bond acceptors (Lipinski definition) is 5. The maximum atomic E-state index is 12.6. The van der Waals surface area contributed by atoms with Gasteiger partial charge in [-0.15, -0.1) is 0 Å². The Bertz CT molecular complexity index is 853. The quantitative estimate of drug-likeness (QED) is 0.889. The molecule has 1 N–H and O–H groups in total. The van der Waals surface area contributed by atoms with Gasteiger partial charge in [-0.05, 0) is 37.5 Å². The minimum absolute atomic E-state index is 0.0718. The maximum absolute atomic E-state index is 12.6. The monoisotopic (exact) mass is 348 g/mol. The van der Waals surface area contributed by atoms with Crippen molar-refractivity contribution in [3.63, 3.8) is 0 Å². The van der Waals surface area contributed by atoms with Crippen molar-refractivity contribution in [3.05, 3.63) is 30.6 Å². The lowest BCUT2D eigenvalue weighted by Gasteiger charge is -2.23. The lowest BCUT2D eigenvalue weighted by molar-refractivity contribution is -0.119. The Balaban J connectivity index is 1.77. The second kappa shape index (κ2) is 6.82. The van der Waals surface area contributed by atoms with E-state index in [-0.39, 0.29) is 11.7 Å². The van der Waals surface area contributed by atoms with E-state index in [9.17, 15) is 13.2 Å². The van der Waals surface area contributed by atoms with Crippen LogP contribution in [0.2, 0.25) is 0 Å². The van der Waals surface area contributed by atoms with Crippen molar-refractivity contribution in [3.8, 4) is 0 Å². The lowest BCUT2D eigenvalue weighted by Crippen LogP contribution is -2.44. The number of anilines is 1. The first kappa shape index (κ1) is 16.8. The molecular weight excluding hydrogens is 328 g/mol. The van der Waals surface area contributed by atoms with Crippen LogP contribution in [0, 0.1) is 0 Å². The molecule has 1 aliphatic heterocycles. The van der Waals surface area contributed by atoms with Crippen LogP contribution in [0.5, 0.6) is 0 Å². The first-order valence-corrected chi connectivity index (χ1v) is 9.63. The van der Waals surface area contributed by atoms with Gasteiger partial charge in [0.25, 0.3) is 0 Å². The summed E-state index contributed by atoms with van der Waals surface area (Å²) in [5.41, 5.74) is 2.01. The van der Waals surface area contributed by atoms with Crippen molar-refractivity contribution >= 4 is 32.7 Å². The third-order valence-corrected chi connectivity index (χ3v) is 6.14. The summed E-state index contributed by atoms with van der Waals surface area (Å²) in [4.78, 5) is 20.9. The second-order valence-electron chi connectivity index (χ2n) is 5.83. The number of sulfonamides is 1. The number of benzene rings is 1. The Morgan fingerprint density at radius 2 is 2.04 bits per heavy atom. The molecular formula is C16H20N4O3S. The van der Waals surface area contributed by atoms with Crippen molar-refractivity contribution in [2.75, 3.05) is 17.6 Å². The summed E-state index contributed by atoms with van der Waals surface area (Å²) < 4.78 is 25.9. The third kappa shape index (κ3) is 3.39. The van der Waals surface area contributed by atoms with Gasteiger partial charge in [-0.2, -0.15) is 4.31 Å². The van der Waals surface area contributed by atoms with Crippen LogP contribution in [0.4, 0.5) is 5.69 Å². The molecule has 7 nitrogen and oxygen atoms in total. The van der Waals surface area contributed by atoms with Gasteiger partial charge in [-0.25, -0.2) is 8.42 Å². The molecule has 0 bridgehead atoms. The summed E-state index contributed by atoms with van der Waals surface area (Å²) in [5, 5.41) is 2.81. The second-order valence-corrected chi connectivity index (χ2v) is 7.87. The average Bonchev–Trinajstić information content (AvgIpc) is 3.05. The summed E-state index contributed by atoms with van der Waals surface area (Å²) in [7, 11) is -3.38. The van der Waals surface area contributed by atoms with E-state index in [1.54, 1.807) is 30.6 Å². The molecule has 1 aromatic carbocycles. The minimum atomic E-state index is -3.38. The molecule has 1 aromatic heterocycles. The standard InChI is InChI=1S/C16H20N4O3S/c1-2-10-24(22,23)20-9-3-4-15(20)16(21)19-12-5-6-13-14(11-12)18-8-7-17-13/h5-8,11,15H,2-4,9-10H2,1H3,(H,19,21). The van der Waals surface area contributed by atoms with Gasteiger partial charge < -0.3 is 5.32 Å². The Kier molecular flexibility index (Phi) is 4.77. The highest BCUT2D eigenvalue weighted by atomic mass is 32.2. The fourth-order valence-corrected chi connectivity index (χ4v) is 4.72. The summed E-state index contributed by atoms with van der Waals surface area (Å²) in [6.45, 7) is 2.22. The van der Waals surface area contributed by atoms with Crippen molar-refractivity contribution in [1.82, 2.24) is 14.3 Å². The predicted octanol–water partition coefficient (Wildman–Crippen LogP) is 1.77. The molecule has 0 spiro atoms. The molecule has 0 radical (unpaired) electrons. The van der Waals surface area contributed by atoms with E-state index in [1.807, 2.05) is 6.92 Å². The van der Waals surface area contributed by atoms with E-state index < -0.39 is 16.1 Å². The lowest BCUT2D eigenvalue weighted by atomic mass is 10.2. The van der Waals surface area contributed by atoms with Gasteiger partial charge in [0, 0.05) is 24.6 Å². The highest BCUT2D eigenvalue weighted by Crippen LogP contribution is 2.24. The summed E-state index contributed by atoms with van der Waals surface area (Å²) >= 11 is 0. The topological polar surface area (TPSA) is 92.3 Å². The van der Waals surface area contributed by atoms with Crippen LogP contribution in [-0.4, -0.2) is 46.9 Å². The molecule has 2 aromatic rings. The number of rotatable bonds is 5. The van der Waals surface area contributed by atoms with Crippen LogP contribution in [0.1, 0.15) is 26.2 Å². The van der Waals surface area contributed by atoms with Crippen LogP contribution in [0.25, 0.3) is 11.0 Å².